The van der Waals surface area contributed by atoms with Crippen molar-refractivity contribution in [2.75, 3.05) is 19.6 Å². The predicted molar refractivity (Wildman–Crippen MR) is 44.1 cm³/mol. The number of rotatable bonds is 2. The lowest BCUT2D eigenvalue weighted by Crippen LogP contribution is -2.34. The van der Waals surface area contributed by atoms with E-state index in [9.17, 15) is 4.79 Å². The van der Waals surface area contributed by atoms with Crippen molar-refractivity contribution in [2.45, 2.75) is 6.92 Å². The van der Waals surface area contributed by atoms with Crippen molar-refractivity contribution >= 4 is 5.91 Å². The van der Waals surface area contributed by atoms with Gasteiger partial charge in [0, 0.05) is 6.54 Å². The third kappa shape index (κ3) is 1.95. The summed E-state index contributed by atoms with van der Waals surface area (Å²) in [5.41, 5.74) is 0. The second-order valence-electron chi connectivity index (χ2n) is 3.12. The number of amides is 1. The fourth-order valence-corrected chi connectivity index (χ4v) is 1.42. The summed E-state index contributed by atoms with van der Waals surface area (Å²) in [4.78, 5) is 11.3. The first kappa shape index (κ1) is 9.01. The van der Waals surface area contributed by atoms with Gasteiger partial charge in [-0.15, -0.1) is 0 Å². The van der Waals surface area contributed by atoms with Crippen molar-refractivity contribution in [3.05, 3.63) is 0 Å². The quantitative estimate of drug-likeness (QED) is 0.544. The number of carbonyl (C=O) groups is 1. The Morgan fingerprint density at radius 1 is 1.75 bits per heavy atom. The van der Waals surface area contributed by atoms with Crippen molar-refractivity contribution in [3.63, 3.8) is 0 Å². The molecule has 0 bridgehead atoms. The van der Waals surface area contributed by atoms with E-state index in [1.54, 1.807) is 0 Å². The highest BCUT2D eigenvalue weighted by Gasteiger charge is 2.28. The molecule has 1 aliphatic heterocycles. The molecule has 0 saturated carbocycles. The van der Waals surface area contributed by atoms with Gasteiger partial charge in [-0.3, -0.25) is 4.79 Å². The summed E-state index contributed by atoms with van der Waals surface area (Å²) in [6.45, 7) is 3.78. The van der Waals surface area contributed by atoms with Gasteiger partial charge in [0.1, 0.15) is 6.54 Å². The van der Waals surface area contributed by atoms with Crippen LogP contribution in [0, 0.1) is 23.2 Å². The number of nitrogens with zero attached hydrogens (tertiary/aromatic N) is 1. The van der Waals surface area contributed by atoms with Crippen molar-refractivity contribution in [1.82, 2.24) is 10.6 Å². The standard InChI is InChI=1S/C8H13N3O/c1-6-4-10-5-7(6)8(12)11-3-2-9/h6-7,10H,3-5H2,1H3,(H,11,12). The molecule has 0 radical (unpaired) electrons. The lowest BCUT2D eigenvalue weighted by Gasteiger charge is -2.11. The molecular formula is C8H13N3O. The molecule has 2 N–H and O–H groups in total. The van der Waals surface area contributed by atoms with Gasteiger partial charge < -0.3 is 10.6 Å². The van der Waals surface area contributed by atoms with Gasteiger partial charge in [0.05, 0.1) is 12.0 Å². The summed E-state index contributed by atoms with van der Waals surface area (Å²) < 4.78 is 0. The van der Waals surface area contributed by atoms with Gasteiger partial charge in [-0.2, -0.15) is 5.26 Å². The molecule has 4 nitrogen and oxygen atoms in total. The van der Waals surface area contributed by atoms with Gasteiger partial charge in [-0.1, -0.05) is 6.92 Å². The van der Waals surface area contributed by atoms with E-state index < -0.39 is 0 Å². The maximum Gasteiger partial charge on any atom is 0.225 e. The third-order valence-electron chi connectivity index (χ3n) is 2.20. The molecule has 2 unspecified atom stereocenters. The molecule has 1 aliphatic rings. The van der Waals surface area contributed by atoms with Crippen LogP contribution >= 0.6 is 0 Å². The minimum Gasteiger partial charge on any atom is -0.343 e. The van der Waals surface area contributed by atoms with Crippen LogP contribution in [0.2, 0.25) is 0 Å². The lowest BCUT2D eigenvalue weighted by atomic mass is 9.97. The van der Waals surface area contributed by atoms with Crippen LogP contribution in [0.25, 0.3) is 0 Å². The van der Waals surface area contributed by atoms with E-state index in [1.165, 1.54) is 0 Å². The Kier molecular flexibility index (Phi) is 3.06. The van der Waals surface area contributed by atoms with Gasteiger partial charge in [0.2, 0.25) is 5.91 Å². The van der Waals surface area contributed by atoms with Crippen LogP contribution in [-0.2, 0) is 4.79 Å². The van der Waals surface area contributed by atoms with E-state index in [2.05, 4.69) is 10.6 Å². The number of hydrogen-bond acceptors (Lipinski definition) is 3. The second-order valence-corrected chi connectivity index (χ2v) is 3.12. The summed E-state index contributed by atoms with van der Waals surface area (Å²) in [5.74, 6) is 0.413. The Morgan fingerprint density at radius 2 is 2.50 bits per heavy atom. The molecule has 0 aromatic carbocycles. The SMILES string of the molecule is CC1CNCC1C(=O)NCC#N. The Morgan fingerprint density at radius 3 is 3.00 bits per heavy atom. The van der Waals surface area contributed by atoms with Crippen LogP contribution in [0.5, 0.6) is 0 Å². The molecular weight excluding hydrogens is 154 g/mol. The molecule has 1 rings (SSSR count). The zero-order chi connectivity index (χ0) is 8.97. The smallest absolute Gasteiger partial charge is 0.225 e. The van der Waals surface area contributed by atoms with E-state index >= 15 is 0 Å². The largest absolute Gasteiger partial charge is 0.343 e. The van der Waals surface area contributed by atoms with Gasteiger partial charge in [0.15, 0.2) is 0 Å². The van der Waals surface area contributed by atoms with E-state index in [0.717, 1.165) is 13.1 Å². The lowest BCUT2D eigenvalue weighted by molar-refractivity contribution is -0.125. The van der Waals surface area contributed by atoms with Crippen LogP contribution in [0.4, 0.5) is 0 Å². The molecule has 0 aromatic rings. The molecule has 1 saturated heterocycles. The van der Waals surface area contributed by atoms with E-state index in [1.807, 2.05) is 13.0 Å². The molecule has 1 fully saturated rings. The van der Waals surface area contributed by atoms with Crippen molar-refractivity contribution in [3.8, 4) is 6.07 Å². The van der Waals surface area contributed by atoms with E-state index in [4.69, 9.17) is 5.26 Å². The van der Waals surface area contributed by atoms with Gasteiger partial charge in [-0.25, -0.2) is 0 Å². The first-order valence-corrected chi connectivity index (χ1v) is 4.11. The maximum absolute atomic E-state index is 11.3. The number of hydrogen-bond donors (Lipinski definition) is 2. The Bertz CT molecular complexity index is 209. The summed E-state index contributed by atoms with van der Waals surface area (Å²) in [6, 6.07) is 1.88. The molecule has 66 valence electrons. The number of nitriles is 1. The zero-order valence-electron chi connectivity index (χ0n) is 7.13. The fraction of sp³-hybridized carbons (Fsp3) is 0.750. The first-order chi connectivity index (χ1) is 5.75. The van der Waals surface area contributed by atoms with E-state index in [-0.39, 0.29) is 18.4 Å². The molecule has 1 heterocycles. The Hall–Kier alpha value is -1.08. The molecule has 0 aromatic heterocycles. The summed E-state index contributed by atoms with van der Waals surface area (Å²) in [5, 5.41) is 13.9. The predicted octanol–water partition coefficient (Wildman–Crippen LogP) is -0.518. The van der Waals surface area contributed by atoms with Gasteiger partial charge in [-0.05, 0) is 12.5 Å². The number of nitrogens with one attached hydrogen (secondary N) is 2. The number of carbonyl (C=O) groups excluding carboxylic acids is 1. The third-order valence-corrected chi connectivity index (χ3v) is 2.20. The van der Waals surface area contributed by atoms with Crippen LogP contribution in [-0.4, -0.2) is 25.5 Å². The topological polar surface area (TPSA) is 64.9 Å². The van der Waals surface area contributed by atoms with Crippen molar-refractivity contribution < 1.29 is 4.79 Å². The summed E-state index contributed by atoms with van der Waals surface area (Å²) in [6.07, 6.45) is 0. The molecule has 12 heavy (non-hydrogen) atoms. The van der Waals surface area contributed by atoms with E-state index in [0.29, 0.717) is 5.92 Å². The Labute approximate surface area is 71.9 Å². The average molecular weight is 167 g/mol. The minimum absolute atomic E-state index is 0.00551. The van der Waals surface area contributed by atoms with Crippen molar-refractivity contribution in [1.29, 1.82) is 5.26 Å². The summed E-state index contributed by atoms with van der Waals surface area (Å²) >= 11 is 0. The first-order valence-electron chi connectivity index (χ1n) is 4.11. The maximum atomic E-state index is 11.3. The van der Waals surface area contributed by atoms with Crippen molar-refractivity contribution in [2.24, 2.45) is 11.8 Å². The zero-order valence-corrected chi connectivity index (χ0v) is 7.13. The van der Waals surface area contributed by atoms with Crippen LogP contribution in [0.3, 0.4) is 0 Å². The highest BCUT2D eigenvalue weighted by molar-refractivity contribution is 5.79. The molecule has 1 amide bonds. The van der Waals surface area contributed by atoms with Crippen LogP contribution in [0.15, 0.2) is 0 Å². The molecule has 0 spiro atoms. The normalized spacial score (nSPS) is 28.0. The Balaban J connectivity index is 2.37. The highest BCUT2D eigenvalue weighted by Crippen LogP contribution is 2.15. The highest BCUT2D eigenvalue weighted by atomic mass is 16.1. The minimum atomic E-state index is -0.00551. The van der Waals surface area contributed by atoms with Gasteiger partial charge in [0.25, 0.3) is 0 Å². The molecule has 2 atom stereocenters. The fourth-order valence-electron chi connectivity index (χ4n) is 1.42. The monoisotopic (exact) mass is 167 g/mol. The molecule has 4 heteroatoms. The van der Waals surface area contributed by atoms with Gasteiger partial charge >= 0.3 is 0 Å². The average Bonchev–Trinajstić information content (AvgIpc) is 2.47. The second kappa shape index (κ2) is 4.07. The molecule has 0 aliphatic carbocycles. The summed E-state index contributed by atoms with van der Waals surface area (Å²) in [7, 11) is 0. The van der Waals surface area contributed by atoms with Crippen LogP contribution in [0.1, 0.15) is 6.92 Å². The van der Waals surface area contributed by atoms with Crippen LogP contribution < -0.4 is 10.6 Å².